The molecule has 1 saturated heterocycles. The number of aromatic amines is 1. The van der Waals surface area contributed by atoms with Crippen LogP contribution in [0.25, 0.3) is 11.3 Å². The number of fused-ring (bicyclic) bond motifs is 3. The lowest BCUT2D eigenvalue weighted by Gasteiger charge is -2.21. The number of hydrogen-bond acceptors (Lipinski definition) is 3. The molecule has 2 heterocycles. The fraction of sp³-hybridized carbons (Fsp3) is 0.357. The summed E-state index contributed by atoms with van der Waals surface area (Å²) >= 11 is 3.52. The van der Waals surface area contributed by atoms with Crippen LogP contribution in [0, 0.1) is 0 Å². The first-order valence-electron chi connectivity index (χ1n) is 6.50. The van der Waals surface area contributed by atoms with Crippen molar-refractivity contribution in [2.75, 3.05) is 19.8 Å². The van der Waals surface area contributed by atoms with Crippen LogP contribution in [0.5, 0.6) is 0 Å². The van der Waals surface area contributed by atoms with E-state index in [0.717, 1.165) is 35.6 Å². The third-order valence-corrected chi connectivity index (χ3v) is 4.23. The van der Waals surface area contributed by atoms with Gasteiger partial charge < -0.3 is 15.0 Å². The minimum atomic E-state index is 0.193. The van der Waals surface area contributed by atoms with E-state index in [2.05, 4.69) is 44.4 Å². The second kappa shape index (κ2) is 4.44. The quantitative estimate of drug-likeness (QED) is 0.724. The van der Waals surface area contributed by atoms with Gasteiger partial charge in [-0.15, -0.1) is 0 Å². The third-order valence-electron chi connectivity index (χ3n) is 3.74. The number of ether oxygens (including phenoxy) is 1. The smallest absolute Gasteiger partial charge is 0.126 e. The van der Waals surface area contributed by atoms with E-state index < -0.39 is 0 Å². The van der Waals surface area contributed by atoms with Crippen LogP contribution >= 0.6 is 15.9 Å². The predicted molar refractivity (Wildman–Crippen MR) is 76.1 cm³/mol. The van der Waals surface area contributed by atoms with Crippen LogP contribution in [0.2, 0.25) is 0 Å². The molecule has 5 heteroatoms. The third kappa shape index (κ3) is 1.93. The van der Waals surface area contributed by atoms with Crippen LogP contribution in [-0.4, -0.2) is 29.7 Å². The molecule has 0 bridgehead atoms. The Bertz CT molecular complexity index is 632. The molecule has 1 aromatic heterocycles. The molecule has 2 aliphatic rings. The highest BCUT2D eigenvalue weighted by molar-refractivity contribution is 9.10. The van der Waals surface area contributed by atoms with Crippen molar-refractivity contribution in [1.82, 2.24) is 15.3 Å². The van der Waals surface area contributed by atoms with Crippen molar-refractivity contribution in [3.05, 3.63) is 39.8 Å². The van der Waals surface area contributed by atoms with Gasteiger partial charge in [0.1, 0.15) is 5.82 Å². The van der Waals surface area contributed by atoms with Gasteiger partial charge >= 0.3 is 0 Å². The molecule has 0 saturated carbocycles. The van der Waals surface area contributed by atoms with E-state index in [1.165, 1.54) is 16.8 Å². The maximum absolute atomic E-state index is 5.49. The number of benzene rings is 1. The minimum Gasteiger partial charge on any atom is -0.378 e. The molecular weight excluding hydrogens is 306 g/mol. The predicted octanol–water partition coefficient (Wildman–Crippen LogP) is 2.40. The Morgan fingerprint density at radius 1 is 1.37 bits per heavy atom. The van der Waals surface area contributed by atoms with E-state index in [1.807, 2.05) is 0 Å². The SMILES string of the molecule is Brc1ccc2c(c1)Cc1[nH]c(C3COCCN3)nc1-2. The Hall–Kier alpha value is -1.17. The van der Waals surface area contributed by atoms with Crippen molar-refractivity contribution >= 4 is 15.9 Å². The van der Waals surface area contributed by atoms with E-state index in [-0.39, 0.29) is 6.04 Å². The molecule has 1 aromatic carbocycles. The van der Waals surface area contributed by atoms with E-state index >= 15 is 0 Å². The summed E-state index contributed by atoms with van der Waals surface area (Å²) < 4.78 is 6.62. The van der Waals surface area contributed by atoms with Crippen molar-refractivity contribution in [1.29, 1.82) is 0 Å². The lowest BCUT2D eigenvalue weighted by Crippen LogP contribution is -2.35. The van der Waals surface area contributed by atoms with Crippen LogP contribution < -0.4 is 5.32 Å². The van der Waals surface area contributed by atoms with Crippen molar-refractivity contribution < 1.29 is 4.74 Å². The summed E-state index contributed by atoms with van der Waals surface area (Å²) in [6.45, 7) is 2.37. The standard InChI is InChI=1S/C14H14BrN3O/c15-9-1-2-10-8(5-9)6-11-13(10)18-14(17-11)12-7-19-4-3-16-12/h1-2,5,12,16H,3-4,6-7H2,(H,17,18). The van der Waals surface area contributed by atoms with Gasteiger partial charge in [-0.05, 0) is 17.7 Å². The summed E-state index contributed by atoms with van der Waals surface area (Å²) in [5.74, 6) is 0.998. The van der Waals surface area contributed by atoms with Gasteiger partial charge in [0, 0.05) is 28.7 Å². The Labute approximate surface area is 119 Å². The number of morpholine rings is 1. The average molecular weight is 320 g/mol. The fourth-order valence-electron chi connectivity index (χ4n) is 2.82. The molecule has 1 fully saturated rings. The molecule has 98 valence electrons. The Kier molecular flexibility index (Phi) is 2.72. The van der Waals surface area contributed by atoms with E-state index in [9.17, 15) is 0 Å². The van der Waals surface area contributed by atoms with Crippen LogP contribution in [0.1, 0.15) is 23.1 Å². The maximum atomic E-state index is 5.49. The van der Waals surface area contributed by atoms with Gasteiger partial charge in [-0.2, -0.15) is 0 Å². The molecule has 1 atom stereocenters. The Morgan fingerprint density at radius 2 is 2.32 bits per heavy atom. The number of halogens is 1. The van der Waals surface area contributed by atoms with Crippen molar-refractivity contribution in [3.63, 3.8) is 0 Å². The van der Waals surface area contributed by atoms with Gasteiger partial charge in [-0.25, -0.2) is 4.98 Å². The highest BCUT2D eigenvalue weighted by Gasteiger charge is 2.26. The van der Waals surface area contributed by atoms with Gasteiger partial charge in [0.05, 0.1) is 24.9 Å². The molecule has 2 aromatic rings. The molecule has 1 aliphatic carbocycles. The Morgan fingerprint density at radius 3 is 3.16 bits per heavy atom. The topological polar surface area (TPSA) is 49.9 Å². The van der Waals surface area contributed by atoms with Crippen molar-refractivity contribution in [2.24, 2.45) is 0 Å². The molecule has 2 N–H and O–H groups in total. The molecule has 1 unspecified atom stereocenters. The summed E-state index contributed by atoms with van der Waals surface area (Å²) in [6, 6.07) is 6.58. The zero-order valence-electron chi connectivity index (χ0n) is 10.4. The summed E-state index contributed by atoms with van der Waals surface area (Å²) in [6.07, 6.45) is 0.935. The zero-order valence-corrected chi connectivity index (χ0v) is 12.0. The molecule has 19 heavy (non-hydrogen) atoms. The normalized spacial score (nSPS) is 21.2. The molecule has 4 rings (SSSR count). The highest BCUT2D eigenvalue weighted by atomic mass is 79.9. The first kappa shape index (κ1) is 11.6. The summed E-state index contributed by atoms with van der Waals surface area (Å²) in [5, 5.41) is 3.43. The molecular formula is C14H14BrN3O. The first-order chi connectivity index (χ1) is 9.31. The maximum Gasteiger partial charge on any atom is 0.126 e. The summed E-state index contributed by atoms with van der Waals surface area (Å²) in [4.78, 5) is 8.23. The number of nitrogens with zero attached hydrogens (tertiary/aromatic N) is 1. The van der Waals surface area contributed by atoms with Crippen LogP contribution in [-0.2, 0) is 11.2 Å². The number of hydrogen-bond donors (Lipinski definition) is 2. The lowest BCUT2D eigenvalue weighted by atomic mass is 10.1. The van der Waals surface area contributed by atoms with Crippen LogP contribution in [0.3, 0.4) is 0 Å². The van der Waals surface area contributed by atoms with Gasteiger partial charge in [0.25, 0.3) is 0 Å². The van der Waals surface area contributed by atoms with E-state index in [0.29, 0.717) is 6.61 Å². The van der Waals surface area contributed by atoms with Crippen LogP contribution in [0.4, 0.5) is 0 Å². The minimum absolute atomic E-state index is 0.193. The summed E-state index contributed by atoms with van der Waals surface area (Å²) in [5.41, 5.74) is 4.90. The Balaban J connectivity index is 1.71. The molecule has 1 aliphatic heterocycles. The second-order valence-electron chi connectivity index (χ2n) is 5.01. The first-order valence-corrected chi connectivity index (χ1v) is 7.29. The number of nitrogens with one attached hydrogen (secondary N) is 2. The molecule has 0 radical (unpaired) electrons. The summed E-state index contributed by atoms with van der Waals surface area (Å²) in [7, 11) is 0. The van der Waals surface area contributed by atoms with Crippen molar-refractivity contribution in [2.45, 2.75) is 12.5 Å². The van der Waals surface area contributed by atoms with Gasteiger partial charge in [-0.3, -0.25) is 0 Å². The van der Waals surface area contributed by atoms with E-state index in [1.54, 1.807) is 0 Å². The number of H-pyrrole nitrogens is 1. The fourth-order valence-corrected chi connectivity index (χ4v) is 3.22. The monoisotopic (exact) mass is 319 g/mol. The van der Waals surface area contributed by atoms with Crippen LogP contribution in [0.15, 0.2) is 22.7 Å². The lowest BCUT2D eigenvalue weighted by molar-refractivity contribution is 0.0745. The second-order valence-corrected chi connectivity index (χ2v) is 5.92. The van der Waals surface area contributed by atoms with Gasteiger partial charge in [0.15, 0.2) is 0 Å². The molecule has 4 nitrogen and oxygen atoms in total. The number of imidazole rings is 1. The zero-order chi connectivity index (χ0) is 12.8. The van der Waals surface area contributed by atoms with Gasteiger partial charge in [-0.1, -0.05) is 22.0 Å². The molecule has 0 spiro atoms. The average Bonchev–Trinajstić information content (AvgIpc) is 2.96. The van der Waals surface area contributed by atoms with Gasteiger partial charge in [0.2, 0.25) is 0 Å². The van der Waals surface area contributed by atoms with E-state index in [4.69, 9.17) is 9.72 Å². The number of aromatic nitrogens is 2. The highest BCUT2D eigenvalue weighted by Crippen LogP contribution is 2.37. The number of rotatable bonds is 1. The van der Waals surface area contributed by atoms with Crippen molar-refractivity contribution in [3.8, 4) is 11.3 Å². The largest absolute Gasteiger partial charge is 0.378 e. The molecule has 0 amide bonds.